The molecule has 0 radical (unpaired) electrons. The highest BCUT2D eigenvalue weighted by molar-refractivity contribution is 5.66. The third-order valence-corrected chi connectivity index (χ3v) is 7.61. The third kappa shape index (κ3) is 3.83. The molecular formula is C23H31FN2O4. The highest BCUT2D eigenvalue weighted by atomic mass is 19.1. The van der Waals surface area contributed by atoms with Crippen molar-refractivity contribution in [2.45, 2.75) is 55.6 Å². The van der Waals surface area contributed by atoms with Gasteiger partial charge in [-0.25, -0.2) is 9.18 Å². The van der Waals surface area contributed by atoms with Crippen molar-refractivity contribution in [2.75, 3.05) is 46.0 Å². The van der Waals surface area contributed by atoms with Gasteiger partial charge in [0.15, 0.2) is 0 Å². The normalized spacial score (nSPS) is 28.0. The summed E-state index contributed by atoms with van der Waals surface area (Å²) in [5, 5.41) is 9.09. The first kappa shape index (κ1) is 20.2. The van der Waals surface area contributed by atoms with E-state index < -0.39 is 6.09 Å². The second kappa shape index (κ2) is 8.09. The fraction of sp³-hybridized carbons (Fsp3) is 0.696. The van der Waals surface area contributed by atoms with Crippen LogP contribution in [-0.4, -0.2) is 78.6 Å². The van der Waals surface area contributed by atoms with E-state index in [1.165, 1.54) is 16.0 Å². The van der Waals surface area contributed by atoms with E-state index in [2.05, 4.69) is 4.90 Å². The molecule has 6 nitrogen and oxygen atoms in total. The van der Waals surface area contributed by atoms with Crippen LogP contribution in [0.1, 0.15) is 55.1 Å². The van der Waals surface area contributed by atoms with Crippen LogP contribution in [0.2, 0.25) is 0 Å². The van der Waals surface area contributed by atoms with Crippen LogP contribution in [0.15, 0.2) is 18.2 Å². The summed E-state index contributed by atoms with van der Waals surface area (Å²) >= 11 is 0. The predicted molar refractivity (Wildman–Crippen MR) is 109 cm³/mol. The van der Waals surface area contributed by atoms with E-state index in [1.807, 2.05) is 6.07 Å². The molecule has 7 heteroatoms. The molecule has 30 heavy (non-hydrogen) atoms. The average Bonchev–Trinajstić information content (AvgIpc) is 3.19. The second-order valence-corrected chi connectivity index (χ2v) is 9.46. The first-order valence-electron chi connectivity index (χ1n) is 11.3. The molecule has 4 fully saturated rings. The Morgan fingerprint density at radius 3 is 2.47 bits per heavy atom. The summed E-state index contributed by atoms with van der Waals surface area (Å²) in [6.07, 6.45) is 4.16. The zero-order valence-corrected chi connectivity index (χ0v) is 17.4. The van der Waals surface area contributed by atoms with Gasteiger partial charge in [-0.2, -0.15) is 0 Å². The Morgan fingerprint density at radius 1 is 1.07 bits per heavy atom. The number of piperidine rings is 1. The molecule has 1 atom stereocenters. The van der Waals surface area contributed by atoms with Crippen LogP contribution >= 0.6 is 0 Å². The molecule has 4 aliphatic heterocycles. The van der Waals surface area contributed by atoms with Crippen molar-refractivity contribution in [1.82, 2.24) is 9.80 Å². The fourth-order valence-corrected chi connectivity index (χ4v) is 5.91. The Kier molecular flexibility index (Phi) is 5.45. The average molecular weight is 419 g/mol. The number of rotatable bonds is 3. The number of hydrogen-bond donors (Lipinski definition) is 1. The number of hydrogen-bond acceptors (Lipinski definition) is 4. The summed E-state index contributed by atoms with van der Waals surface area (Å²) in [4.78, 5) is 15.0. The Bertz CT molecular complexity index is 783. The molecule has 1 aromatic rings. The van der Waals surface area contributed by atoms with E-state index in [0.717, 1.165) is 58.4 Å². The van der Waals surface area contributed by atoms with Crippen LogP contribution in [-0.2, 0) is 9.47 Å². The molecule has 0 saturated carbocycles. The van der Waals surface area contributed by atoms with Crippen molar-refractivity contribution in [2.24, 2.45) is 0 Å². The molecule has 5 rings (SSSR count). The van der Waals surface area contributed by atoms with Gasteiger partial charge in [-0.05, 0) is 80.3 Å². The molecule has 1 amide bonds. The van der Waals surface area contributed by atoms with E-state index in [9.17, 15) is 9.18 Å². The van der Waals surface area contributed by atoms with Crippen molar-refractivity contribution in [3.05, 3.63) is 35.1 Å². The summed E-state index contributed by atoms with van der Waals surface area (Å²) in [6, 6.07) is 5.75. The van der Waals surface area contributed by atoms with E-state index in [-0.39, 0.29) is 11.4 Å². The van der Waals surface area contributed by atoms with Gasteiger partial charge in [0, 0.05) is 19.3 Å². The Hall–Kier alpha value is -1.70. The van der Waals surface area contributed by atoms with Crippen LogP contribution < -0.4 is 0 Å². The minimum Gasteiger partial charge on any atom is -0.465 e. The molecule has 4 saturated heterocycles. The first-order chi connectivity index (χ1) is 14.5. The number of amides is 1. The van der Waals surface area contributed by atoms with E-state index >= 15 is 0 Å². The maximum Gasteiger partial charge on any atom is 0.407 e. The van der Waals surface area contributed by atoms with Crippen LogP contribution in [0.3, 0.4) is 0 Å². The Labute approximate surface area is 176 Å². The highest BCUT2D eigenvalue weighted by Gasteiger charge is 2.52. The fourth-order valence-electron chi connectivity index (χ4n) is 5.91. The summed E-state index contributed by atoms with van der Waals surface area (Å²) < 4.78 is 25.7. The van der Waals surface area contributed by atoms with Crippen molar-refractivity contribution in [1.29, 1.82) is 0 Å². The topological polar surface area (TPSA) is 62.2 Å². The van der Waals surface area contributed by atoms with Crippen molar-refractivity contribution >= 4 is 6.09 Å². The van der Waals surface area contributed by atoms with E-state index in [4.69, 9.17) is 14.6 Å². The zero-order chi connectivity index (χ0) is 20.7. The number of halogens is 1. The molecule has 1 spiro atoms. The van der Waals surface area contributed by atoms with Gasteiger partial charge in [-0.15, -0.1) is 0 Å². The van der Waals surface area contributed by atoms with Crippen LogP contribution in [0.25, 0.3) is 0 Å². The number of nitrogens with zero attached hydrogens (tertiary/aromatic N) is 2. The molecule has 1 aromatic carbocycles. The quantitative estimate of drug-likeness (QED) is 0.815. The third-order valence-electron chi connectivity index (χ3n) is 7.61. The summed E-state index contributed by atoms with van der Waals surface area (Å²) in [5.41, 5.74) is 2.26. The standard InChI is InChI=1S/C23H31FN2O4/c24-18-1-2-20(17-5-9-29-10-6-17)21(11-18)16-3-7-25(8-4-16)19-12-23(30-13-19)14-26(15-23)22(27)28/h1-2,11,16-17,19H,3-10,12-15H2,(H,27,28)/t19-/m0/s1. The molecular weight excluding hydrogens is 387 g/mol. The number of benzene rings is 1. The predicted octanol–water partition coefficient (Wildman–Crippen LogP) is 3.42. The minimum atomic E-state index is -0.857. The van der Waals surface area contributed by atoms with Crippen molar-refractivity contribution in [3.8, 4) is 0 Å². The maximum atomic E-state index is 14.1. The van der Waals surface area contributed by atoms with Gasteiger partial charge >= 0.3 is 6.09 Å². The molecule has 4 aliphatic rings. The van der Waals surface area contributed by atoms with Crippen LogP contribution in [0.4, 0.5) is 9.18 Å². The van der Waals surface area contributed by atoms with Gasteiger partial charge in [-0.1, -0.05) is 6.07 Å². The van der Waals surface area contributed by atoms with Gasteiger partial charge < -0.3 is 19.5 Å². The maximum absolute atomic E-state index is 14.1. The molecule has 4 heterocycles. The largest absolute Gasteiger partial charge is 0.465 e. The summed E-state index contributed by atoms with van der Waals surface area (Å²) in [5.74, 6) is 0.742. The van der Waals surface area contributed by atoms with Gasteiger partial charge in [-0.3, -0.25) is 4.90 Å². The molecule has 164 valence electrons. The monoisotopic (exact) mass is 418 g/mol. The van der Waals surface area contributed by atoms with Crippen LogP contribution in [0, 0.1) is 5.82 Å². The van der Waals surface area contributed by atoms with Crippen molar-refractivity contribution in [3.63, 3.8) is 0 Å². The molecule has 0 unspecified atom stereocenters. The van der Waals surface area contributed by atoms with Gasteiger partial charge in [0.05, 0.1) is 19.7 Å². The van der Waals surface area contributed by atoms with E-state index in [0.29, 0.717) is 37.6 Å². The van der Waals surface area contributed by atoms with Crippen LogP contribution in [0.5, 0.6) is 0 Å². The van der Waals surface area contributed by atoms with Gasteiger partial charge in [0.2, 0.25) is 0 Å². The number of likely N-dealkylation sites (tertiary alicyclic amines) is 2. The minimum absolute atomic E-state index is 0.137. The molecule has 0 bridgehead atoms. The van der Waals surface area contributed by atoms with Gasteiger partial charge in [0.1, 0.15) is 11.4 Å². The second-order valence-electron chi connectivity index (χ2n) is 9.46. The van der Waals surface area contributed by atoms with Gasteiger partial charge in [0.25, 0.3) is 0 Å². The lowest BCUT2D eigenvalue weighted by Crippen LogP contribution is -2.63. The first-order valence-corrected chi connectivity index (χ1v) is 11.3. The Balaban J connectivity index is 1.21. The number of carboxylic acid groups (broad SMARTS) is 1. The lowest BCUT2D eigenvalue weighted by atomic mass is 9.80. The highest BCUT2D eigenvalue weighted by Crippen LogP contribution is 2.41. The number of ether oxygens (including phenoxy) is 2. The number of carbonyl (C=O) groups is 1. The molecule has 1 N–H and O–H groups in total. The summed E-state index contributed by atoms with van der Waals surface area (Å²) in [7, 11) is 0. The smallest absolute Gasteiger partial charge is 0.407 e. The van der Waals surface area contributed by atoms with E-state index in [1.54, 1.807) is 12.1 Å². The SMILES string of the molecule is O=C(O)N1CC2(C[C@H](N3CCC(c4cc(F)ccc4C4CCOCC4)CC3)CO2)C1. The zero-order valence-electron chi connectivity index (χ0n) is 17.4. The van der Waals surface area contributed by atoms with Crippen molar-refractivity contribution < 1.29 is 23.8 Å². The molecule has 0 aromatic heterocycles. The lowest BCUT2D eigenvalue weighted by Gasteiger charge is -2.45. The Morgan fingerprint density at radius 2 is 1.77 bits per heavy atom. The molecule has 0 aliphatic carbocycles. The summed E-state index contributed by atoms with van der Waals surface area (Å²) in [6.45, 7) is 5.24. The lowest BCUT2D eigenvalue weighted by molar-refractivity contribution is -0.0982.